The molecular formula is C12H9BrF2N2O2. The Hall–Kier alpha value is -1.76. The van der Waals surface area contributed by atoms with Gasteiger partial charge in [0, 0.05) is 17.7 Å². The van der Waals surface area contributed by atoms with Gasteiger partial charge in [-0.05, 0) is 28.1 Å². The Kier molecular flexibility index (Phi) is 3.94. The van der Waals surface area contributed by atoms with Crippen LogP contribution in [0, 0.1) is 11.6 Å². The Morgan fingerprint density at radius 3 is 2.74 bits per heavy atom. The number of ether oxygens (including phenoxy) is 1. The summed E-state index contributed by atoms with van der Waals surface area (Å²) in [6.45, 7) is -0.312. The molecule has 4 nitrogen and oxygen atoms in total. The van der Waals surface area contributed by atoms with Crippen LogP contribution in [-0.2, 0) is 6.54 Å². The highest BCUT2D eigenvalue weighted by Gasteiger charge is 2.14. The van der Waals surface area contributed by atoms with E-state index in [1.807, 2.05) is 0 Å². The fourth-order valence-electron chi connectivity index (χ4n) is 1.52. The van der Waals surface area contributed by atoms with Crippen molar-refractivity contribution in [3.63, 3.8) is 0 Å². The number of benzene rings is 1. The first-order chi connectivity index (χ1) is 9.02. The molecule has 7 heteroatoms. The largest absolute Gasteiger partial charge is 0.480 e. The maximum Gasteiger partial charge on any atom is 0.267 e. The number of rotatable bonds is 3. The third kappa shape index (κ3) is 2.81. The third-order valence-corrected chi connectivity index (χ3v) is 3.11. The third-order valence-electron chi connectivity index (χ3n) is 2.50. The van der Waals surface area contributed by atoms with Gasteiger partial charge in [-0.25, -0.2) is 13.5 Å². The summed E-state index contributed by atoms with van der Waals surface area (Å²) in [6.07, 6.45) is 0. The van der Waals surface area contributed by atoms with Gasteiger partial charge >= 0.3 is 0 Å². The van der Waals surface area contributed by atoms with Crippen LogP contribution in [-0.4, -0.2) is 16.9 Å². The highest BCUT2D eigenvalue weighted by molar-refractivity contribution is 9.10. The predicted octanol–water partition coefficient (Wildman–Crippen LogP) is 2.34. The van der Waals surface area contributed by atoms with Gasteiger partial charge in [-0.2, -0.15) is 0 Å². The Balaban J connectivity index is 2.47. The van der Waals surface area contributed by atoms with Crippen LogP contribution < -0.4 is 10.3 Å². The maximum absolute atomic E-state index is 13.8. The lowest BCUT2D eigenvalue weighted by Gasteiger charge is -2.09. The van der Waals surface area contributed by atoms with Crippen molar-refractivity contribution >= 4 is 15.9 Å². The second-order valence-electron chi connectivity index (χ2n) is 3.69. The molecule has 0 saturated heterocycles. The lowest BCUT2D eigenvalue weighted by Crippen LogP contribution is -2.23. The Bertz CT molecular complexity index is 673. The number of hydrogen-bond acceptors (Lipinski definition) is 3. The lowest BCUT2D eigenvalue weighted by atomic mass is 10.2. The second kappa shape index (κ2) is 5.48. The number of hydrogen-bond donors (Lipinski definition) is 0. The molecule has 1 aromatic heterocycles. The monoisotopic (exact) mass is 330 g/mol. The highest BCUT2D eigenvalue weighted by atomic mass is 79.9. The number of halogens is 3. The first-order valence-corrected chi connectivity index (χ1v) is 6.06. The maximum atomic E-state index is 13.8. The van der Waals surface area contributed by atoms with E-state index >= 15 is 0 Å². The molecule has 0 aliphatic heterocycles. The summed E-state index contributed by atoms with van der Waals surface area (Å²) in [5, 5.41) is 3.83. The molecule has 1 heterocycles. The predicted molar refractivity (Wildman–Crippen MR) is 68.2 cm³/mol. The van der Waals surface area contributed by atoms with Crippen molar-refractivity contribution < 1.29 is 13.5 Å². The van der Waals surface area contributed by atoms with Gasteiger partial charge in [-0.3, -0.25) is 4.79 Å². The zero-order chi connectivity index (χ0) is 14.0. The molecule has 0 aliphatic carbocycles. The summed E-state index contributed by atoms with van der Waals surface area (Å²) < 4.78 is 33.3. The lowest BCUT2D eigenvalue weighted by molar-refractivity contribution is 0.377. The molecule has 2 rings (SSSR count). The molecule has 0 atom stereocenters. The van der Waals surface area contributed by atoms with Gasteiger partial charge in [0.2, 0.25) is 5.88 Å². The van der Waals surface area contributed by atoms with E-state index in [1.54, 1.807) is 0 Å². The summed E-state index contributed by atoms with van der Waals surface area (Å²) in [6, 6.07) is 4.98. The minimum Gasteiger partial charge on any atom is -0.480 e. The van der Waals surface area contributed by atoms with Crippen LogP contribution in [0.15, 0.2) is 33.5 Å². The van der Waals surface area contributed by atoms with Crippen LogP contribution in [0.25, 0.3) is 0 Å². The van der Waals surface area contributed by atoms with E-state index in [0.717, 1.165) is 10.7 Å². The SMILES string of the molecule is COc1ccc(=O)n(Cc2c(F)ccc(Br)c2F)n1. The van der Waals surface area contributed by atoms with E-state index in [-0.39, 0.29) is 22.5 Å². The zero-order valence-corrected chi connectivity index (χ0v) is 11.4. The minimum atomic E-state index is -0.753. The van der Waals surface area contributed by atoms with E-state index in [9.17, 15) is 13.6 Å². The number of aromatic nitrogens is 2. The van der Waals surface area contributed by atoms with E-state index < -0.39 is 17.2 Å². The Labute approximate surface area is 115 Å². The summed E-state index contributed by atoms with van der Waals surface area (Å²) in [5.74, 6) is -1.30. The van der Waals surface area contributed by atoms with Crippen molar-refractivity contribution in [1.82, 2.24) is 9.78 Å². The second-order valence-corrected chi connectivity index (χ2v) is 4.55. The van der Waals surface area contributed by atoms with Crippen LogP contribution >= 0.6 is 15.9 Å². The first-order valence-electron chi connectivity index (χ1n) is 5.27. The molecule has 0 N–H and O–H groups in total. The van der Waals surface area contributed by atoms with Gasteiger partial charge in [0.1, 0.15) is 11.6 Å². The van der Waals surface area contributed by atoms with Crippen LogP contribution in [0.3, 0.4) is 0 Å². The molecule has 0 aliphatic rings. The molecule has 0 fully saturated rings. The molecule has 19 heavy (non-hydrogen) atoms. The fraction of sp³-hybridized carbons (Fsp3) is 0.167. The quantitative estimate of drug-likeness (QED) is 0.811. The van der Waals surface area contributed by atoms with E-state index in [1.165, 1.54) is 25.3 Å². The molecule has 2 aromatic rings. The number of methoxy groups -OCH3 is 1. The fourth-order valence-corrected chi connectivity index (χ4v) is 1.89. The summed E-state index contributed by atoms with van der Waals surface area (Å²) >= 11 is 2.97. The molecule has 0 unspecified atom stereocenters. The van der Waals surface area contributed by atoms with E-state index in [2.05, 4.69) is 21.0 Å². The minimum absolute atomic E-state index is 0.125. The van der Waals surface area contributed by atoms with Gasteiger partial charge in [0.25, 0.3) is 5.56 Å². The zero-order valence-electron chi connectivity index (χ0n) is 9.86. The molecule has 0 amide bonds. The average Bonchev–Trinajstić information content (AvgIpc) is 2.41. The molecule has 0 saturated carbocycles. The van der Waals surface area contributed by atoms with Crippen LogP contribution in [0.2, 0.25) is 0 Å². The van der Waals surface area contributed by atoms with Gasteiger partial charge in [0.15, 0.2) is 0 Å². The van der Waals surface area contributed by atoms with Crippen molar-refractivity contribution in [1.29, 1.82) is 0 Å². The average molecular weight is 331 g/mol. The van der Waals surface area contributed by atoms with Gasteiger partial charge in [-0.1, -0.05) is 0 Å². The topological polar surface area (TPSA) is 44.1 Å². The van der Waals surface area contributed by atoms with Crippen LogP contribution in [0.4, 0.5) is 8.78 Å². The standard InChI is InChI=1S/C12H9BrF2N2O2/c1-19-10-4-5-11(18)17(16-10)6-7-9(14)3-2-8(13)12(7)15/h2-5H,6H2,1H3. The molecule has 1 aromatic carbocycles. The van der Waals surface area contributed by atoms with Gasteiger partial charge < -0.3 is 4.74 Å². The molecule has 0 radical (unpaired) electrons. The molecular weight excluding hydrogens is 322 g/mol. The normalized spacial score (nSPS) is 10.5. The summed E-state index contributed by atoms with van der Waals surface area (Å²) in [4.78, 5) is 11.6. The van der Waals surface area contributed by atoms with Crippen molar-refractivity contribution in [3.8, 4) is 5.88 Å². The van der Waals surface area contributed by atoms with Gasteiger partial charge in [0.05, 0.1) is 18.1 Å². The van der Waals surface area contributed by atoms with Crippen molar-refractivity contribution in [3.05, 3.63) is 56.3 Å². The van der Waals surface area contributed by atoms with Crippen LogP contribution in [0.5, 0.6) is 5.88 Å². The van der Waals surface area contributed by atoms with E-state index in [4.69, 9.17) is 4.74 Å². The Morgan fingerprint density at radius 2 is 2.05 bits per heavy atom. The van der Waals surface area contributed by atoms with E-state index in [0.29, 0.717) is 0 Å². The van der Waals surface area contributed by atoms with Gasteiger partial charge in [-0.15, -0.1) is 5.10 Å². The summed E-state index contributed by atoms with van der Waals surface area (Å²) in [5.41, 5.74) is -0.711. The van der Waals surface area contributed by atoms with Crippen molar-refractivity contribution in [2.24, 2.45) is 0 Å². The number of nitrogens with zero attached hydrogens (tertiary/aromatic N) is 2. The Morgan fingerprint density at radius 1 is 1.32 bits per heavy atom. The molecule has 100 valence electrons. The smallest absolute Gasteiger partial charge is 0.267 e. The van der Waals surface area contributed by atoms with Crippen LogP contribution in [0.1, 0.15) is 5.56 Å². The highest BCUT2D eigenvalue weighted by Crippen LogP contribution is 2.22. The molecule has 0 spiro atoms. The first kappa shape index (κ1) is 13.7. The molecule has 0 bridgehead atoms. The summed E-state index contributed by atoms with van der Waals surface area (Å²) in [7, 11) is 1.39. The van der Waals surface area contributed by atoms with Crippen molar-refractivity contribution in [2.45, 2.75) is 6.54 Å². The van der Waals surface area contributed by atoms with Crippen molar-refractivity contribution in [2.75, 3.05) is 7.11 Å².